The van der Waals surface area contributed by atoms with Crippen LogP contribution in [0.5, 0.6) is 0 Å². The zero-order valence-corrected chi connectivity index (χ0v) is 6.02. The van der Waals surface area contributed by atoms with Crippen LogP contribution in [0.15, 0.2) is 6.20 Å². The molecule has 1 heterocycles. The number of aromatic amines is 1. The van der Waals surface area contributed by atoms with Crippen molar-refractivity contribution in [3.8, 4) is 0 Å². The summed E-state index contributed by atoms with van der Waals surface area (Å²) in [6.45, 7) is 0. The second kappa shape index (κ2) is 1.74. The van der Waals surface area contributed by atoms with Crippen molar-refractivity contribution < 1.29 is 5.11 Å². The maximum atomic E-state index is 9.53. The summed E-state index contributed by atoms with van der Waals surface area (Å²) in [5.41, 5.74) is 0.0681. The third kappa shape index (κ3) is 0.744. The first kappa shape index (κ1) is 6.19. The predicted molar refractivity (Wildman–Crippen MR) is 36.7 cm³/mol. The van der Waals surface area contributed by atoms with E-state index in [0.717, 1.165) is 18.4 Å². The lowest BCUT2D eigenvalue weighted by Gasteiger charge is -2.02. The van der Waals surface area contributed by atoms with Gasteiger partial charge in [-0.25, -0.2) is 0 Å². The van der Waals surface area contributed by atoms with Gasteiger partial charge in [0.05, 0.1) is 11.8 Å². The SMILES string of the molecule is OC1(c2cn[nH]c2Cl)CC1. The zero-order valence-electron chi connectivity index (χ0n) is 5.26. The Kier molecular flexibility index (Phi) is 1.08. The fraction of sp³-hybridized carbons (Fsp3) is 0.500. The Balaban J connectivity index is 2.42. The van der Waals surface area contributed by atoms with Crippen molar-refractivity contribution in [2.75, 3.05) is 0 Å². The van der Waals surface area contributed by atoms with Gasteiger partial charge in [0.15, 0.2) is 0 Å². The summed E-state index contributed by atoms with van der Waals surface area (Å²) in [4.78, 5) is 0. The van der Waals surface area contributed by atoms with Gasteiger partial charge in [0.2, 0.25) is 0 Å². The molecule has 0 aromatic carbocycles. The van der Waals surface area contributed by atoms with Crippen molar-refractivity contribution in [3.63, 3.8) is 0 Å². The maximum Gasteiger partial charge on any atom is 0.130 e. The lowest BCUT2D eigenvalue weighted by Crippen LogP contribution is -2.02. The molecular formula is C6H7ClN2O. The summed E-state index contributed by atoms with van der Waals surface area (Å²) in [6.07, 6.45) is 3.17. The van der Waals surface area contributed by atoms with E-state index in [1.54, 1.807) is 6.20 Å². The van der Waals surface area contributed by atoms with E-state index in [1.165, 1.54) is 0 Å². The van der Waals surface area contributed by atoms with Crippen LogP contribution in [0.1, 0.15) is 18.4 Å². The van der Waals surface area contributed by atoms with Gasteiger partial charge in [0, 0.05) is 5.56 Å². The van der Waals surface area contributed by atoms with Gasteiger partial charge in [-0.1, -0.05) is 11.6 Å². The lowest BCUT2D eigenvalue weighted by molar-refractivity contribution is 0.151. The smallest absolute Gasteiger partial charge is 0.130 e. The highest BCUT2D eigenvalue weighted by Crippen LogP contribution is 2.46. The first-order valence-electron chi connectivity index (χ1n) is 3.14. The second-order valence-electron chi connectivity index (χ2n) is 2.63. The fourth-order valence-electron chi connectivity index (χ4n) is 0.983. The van der Waals surface area contributed by atoms with Gasteiger partial charge in [-0.15, -0.1) is 0 Å². The number of H-pyrrole nitrogens is 1. The van der Waals surface area contributed by atoms with Gasteiger partial charge in [0.1, 0.15) is 5.15 Å². The van der Waals surface area contributed by atoms with Crippen LogP contribution in [-0.4, -0.2) is 15.3 Å². The summed E-state index contributed by atoms with van der Waals surface area (Å²) in [7, 11) is 0. The van der Waals surface area contributed by atoms with Crippen molar-refractivity contribution in [3.05, 3.63) is 16.9 Å². The van der Waals surface area contributed by atoms with Crippen molar-refractivity contribution in [2.24, 2.45) is 0 Å². The van der Waals surface area contributed by atoms with Crippen LogP contribution >= 0.6 is 11.6 Å². The number of nitrogens with one attached hydrogen (secondary N) is 1. The highest BCUT2D eigenvalue weighted by atomic mass is 35.5. The fourth-order valence-corrected chi connectivity index (χ4v) is 1.26. The zero-order chi connectivity index (χ0) is 7.19. The Bertz CT molecular complexity index is 254. The van der Waals surface area contributed by atoms with Gasteiger partial charge in [-0.2, -0.15) is 5.10 Å². The average Bonchev–Trinajstić information content (AvgIpc) is 2.44. The Morgan fingerprint density at radius 2 is 2.40 bits per heavy atom. The molecule has 1 fully saturated rings. The molecule has 0 saturated heterocycles. The molecule has 0 radical (unpaired) electrons. The van der Waals surface area contributed by atoms with Crippen LogP contribution in [0.4, 0.5) is 0 Å². The third-order valence-electron chi connectivity index (χ3n) is 1.82. The normalized spacial score (nSPS) is 21.0. The summed E-state index contributed by atoms with van der Waals surface area (Å²) < 4.78 is 0. The Morgan fingerprint density at radius 3 is 2.80 bits per heavy atom. The van der Waals surface area contributed by atoms with Gasteiger partial charge in [-0.3, -0.25) is 5.10 Å². The molecule has 4 heteroatoms. The standard InChI is InChI=1S/C6H7ClN2O/c7-5-4(3-8-9-5)6(10)1-2-6/h3,10H,1-2H2,(H,8,9). The minimum atomic E-state index is -0.663. The number of aliphatic hydroxyl groups is 1. The van der Waals surface area contributed by atoms with E-state index in [4.69, 9.17) is 11.6 Å². The lowest BCUT2D eigenvalue weighted by atomic mass is 10.2. The molecular weight excluding hydrogens is 152 g/mol. The summed E-state index contributed by atoms with van der Waals surface area (Å²) in [5.74, 6) is 0. The molecule has 1 aliphatic rings. The molecule has 10 heavy (non-hydrogen) atoms. The highest BCUT2D eigenvalue weighted by molar-refractivity contribution is 6.30. The van der Waals surface area contributed by atoms with Crippen LogP contribution in [0.3, 0.4) is 0 Å². The molecule has 1 saturated carbocycles. The molecule has 1 aliphatic carbocycles. The molecule has 0 amide bonds. The molecule has 2 N–H and O–H groups in total. The Hall–Kier alpha value is -0.540. The van der Waals surface area contributed by atoms with Crippen LogP contribution < -0.4 is 0 Å². The number of aromatic nitrogens is 2. The topological polar surface area (TPSA) is 48.9 Å². The molecule has 54 valence electrons. The van der Waals surface area contributed by atoms with Crippen LogP contribution in [0.25, 0.3) is 0 Å². The van der Waals surface area contributed by atoms with Crippen molar-refractivity contribution >= 4 is 11.6 Å². The minimum Gasteiger partial charge on any atom is -0.385 e. The molecule has 0 bridgehead atoms. The van der Waals surface area contributed by atoms with Gasteiger partial charge in [-0.05, 0) is 12.8 Å². The number of hydrogen-bond donors (Lipinski definition) is 2. The first-order valence-corrected chi connectivity index (χ1v) is 3.52. The Labute approximate surface area is 63.0 Å². The summed E-state index contributed by atoms with van der Waals surface area (Å²) in [5, 5.41) is 16.3. The first-order chi connectivity index (χ1) is 4.72. The van der Waals surface area contributed by atoms with Crippen LogP contribution in [-0.2, 0) is 5.60 Å². The molecule has 1 aromatic rings. The second-order valence-corrected chi connectivity index (χ2v) is 3.01. The van der Waals surface area contributed by atoms with Gasteiger partial charge < -0.3 is 5.11 Å². The quantitative estimate of drug-likeness (QED) is 0.642. The molecule has 0 unspecified atom stereocenters. The van der Waals surface area contributed by atoms with E-state index in [9.17, 15) is 5.11 Å². The van der Waals surface area contributed by atoms with E-state index in [1.807, 2.05) is 0 Å². The van der Waals surface area contributed by atoms with Gasteiger partial charge in [0.25, 0.3) is 0 Å². The summed E-state index contributed by atoms with van der Waals surface area (Å²) >= 11 is 5.69. The van der Waals surface area contributed by atoms with E-state index in [0.29, 0.717) is 5.15 Å². The molecule has 3 nitrogen and oxygen atoms in total. The molecule has 0 atom stereocenters. The van der Waals surface area contributed by atoms with E-state index < -0.39 is 5.60 Å². The monoisotopic (exact) mass is 158 g/mol. The number of hydrogen-bond acceptors (Lipinski definition) is 2. The van der Waals surface area contributed by atoms with Crippen LogP contribution in [0, 0.1) is 0 Å². The molecule has 0 spiro atoms. The van der Waals surface area contributed by atoms with Crippen molar-refractivity contribution in [1.29, 1.82) is 0 Å². The Morgan fingerprint density at radius 1 is 1.70 bits per heavy atom. The van der Waals surface area contributed by atoms with E-state index >= 15 is 0 Å². The number of halogens is 1. The maximum absolute atomic E-state index is 9.53. The third-order valence-corrected chi connectivity index (χ3v) is 2.11. The van der Waals surface area contributed by atoms with E-state index in [2.05, 4.69) is 10.2 Å². The van der Waals surface area contributed by atoms with Crippen molar-refractivity contribution in [2.45, 2.75) is 18.4 Å². The largest absolute Gasteiger partial charge is 0.385 e. The predicted octanol–water partition coefficient (Wildman–Crippen LogP) is 1.04. The minimum absolute atomic E-state index is 0.458. The highest BCUT2D eigenvalue weighted by Gasteiger charge is 2.44. The molecule has 0 aliphatic heterocycles. The van der Waals surface area contributed by atoms with Crippen LogP contribution in [0.2, 0.25) is 5.15 Å². The van der Waals surface area contributed by atoms with Gasteiger partial charge >= 0.3 is 0 Å². The average molecular weight is 159 g/mol. The number of nitrogens with zero attached hydrogens (tertiary/aromatic N) is 1. The summed E-state index contributed by atoms with van der Waals surface area (Å²) in [6, 6.07) is 0. The van der Waals surface area contributed by atoms with E-state index in [-0.39, 0.29) is 0 Å². The molecule has 1 aromatic heterocycles. The molecule has 2 rings (SSSR count). The number of rotatable bonds is 1. The van der Waals surface area contributed by atoms with Crippen molar-refractivity contribution in [1.82, 2.24) is 10.2 Å².